The molecule has 1 aliphatic heterocycles. The Morgan fingerprint density at radius 3 is 2.31 bits per heavy atom. The van der Waals surface area contributed by atoms with Crippen LogP contribution in [0.3, 0.4) is 0 Å². The molecule has 0 radical (unpaired) electrons. The summed E-state index contributed by atoms with van der Waals surface area (Å²) < 4.78 is 15.7. The fourth-order valence-corrected chi connectivity index (χ4v) is 4.78. The van der Waals surface area contributed by atoms with Crippen LogP contribution in [0.2, 0.25) is 0 Å². The van der Waals surface area contributed by atoms with E-state index in [9.17, 15) is 4.39 Å². The molecule has 1 aliphatic rings. The van der Waals surface area contributed by atoms with E-state index in [4.69, 9.17) is 4.98 Å². The summed E-state index contributed by atoms with van der Waals surface area (Å²) >= 11 is 0. The topological polar surface area (TPSA) is 30.7 Å². The normalized spacial score (nSPS) is 14.3. The molecule has 26 heavy (non-hydrogen) atoms. The van der Waals surface area contributed by atoms with E-state index >= 15 is 0 Å². The highest BCUT2D eigenvalue weighted by atomic mass is 32.2. The molecule has 0 saturated carbocycles. The van der Waals surface area contributed by atoms with Crippen molar-refractivity contribution in [2.24, 2.45) is 0 Å². The third-order valence-electron chi connectivity index (χ3n) is 4.30. The summed E-state index contributed by atoms with van der Waals surface area (Å²) in [6, 6.07) is 10.6. The molecule has 0 N–H and O–H groups in total. The molecule has 0 unspecified atom stereocenters. The van der Waals surface area contributed by atoms with E-state index in [1.165, 1.54) is 12.1 Å². The molecule has 0 saturated heterocycles. The largest absolute Gasteiger partial charge is 0.319 e. The molecule has 132 valence electrons. The zero-order chi connectivity index (χ0) is 17.9. The van der Waals surface area contributed by atoms with Gasteiger partial charge < -0.3 is 4.57 Å². The van der Waals surface area contributed by atoms with Crippen molar-refractivity contribution in [1.82, 2.24) is 14.5 Å². The van der Waals surface area contributed by atoms with Crippen LogP contribution in [-0.2, 0) is 6.54 Å². The number of halogens is 1. The monoisotopic (exact) mass is 365 g/mol. The van der Waals surface area contributed by atoms with E-state index in [2.05, 4.69) is 39.4 Å². The van der Waals surface area contributed by atoms with Gasteiger partial charge in [-0.3, -0.25) is 4.98 Å². The minimum absolute atomic E-state index is 0.238. The number of allylic oxidation sites excluding steroid dienone is 2. The Balaban J connectivity index is 1.96. The summed E-state index contributed by atoms with van der Waals surface area (Å²) in [5.74, 6) is -0.238. The van der Waals surface area contributed by atoms with Gasteiger partial charge in [0.1, 0.15) is 5.82 Å². The van der Waals surface area contributed by atoms with Crippen molar-refractivity contribution >= 4 is 10.9 Å². The van der Waals surface area contributed by atoms with Crippen LogP contribution in [0.4, 0.5) is 4.39 Å². The number of rotatable bonds is 5. The van der Waals surface area contributed by atoms with E-state index in [1.807, 2.05) is 12.1 Å². The Morgan fingerprint density at radius 2 is 1.65 bits per heavy atom. The second-order valence-electron chi connectivity index (χ2n) is 6.09. The van der Waals surface area contributed by atoms with Crippen molar-refractivity contribution in [3.05, 3.63) is 77.6 Å². The van der Waals surface area contributed by atoms with Crippen LogP contribution in [0.1, 0.15) is 13.3 Å². The molecule has 0 spiro atoms. The standard InChI is InChI=1S/C21H20FN3S/c1-2-13-25-20(17-9-11-23-12-10-17)19(16-5-7-18(22)8-6-16)24-21(25)26-14-3-4-15-26/h3-12,14-15,26H,2,13H2,1H3. The lowest BCUT2D eigenvalue weighted by atomic mass is 10.1. The van der Waals surface area contributed by atoms with Gasteiger partial charge in [-0.25, -0.2) is 9.37 Å². The summed E-state index contributed by atoms with van der Waals surface area (Å²) in [6.45, 7) is 3.06. The summed E-state index contributed by atoms with van der Waals surface area (Å²) in [7, 11) is -0.554. The molecule has 4 rings (SSSR count). The summed E-state index contributed by atoms with van der Waals surface area (Å²) in [4.78, 5) is 9.18. The van der Waals surface area contributed by atoms with E-state index in [1.54, 1.807) is 24.5 Å². The van der Waals surface area contributed by atoms with Crippen molar-refractivity contribution in [3.8, 4) is 22.5 Å². The third kappa shape index (κ3) is 3.10. The Hall–Kier alpha value is -2.66. The summed E-state index contributed by atoms with van der Waals surface area (Å²) in [5.41, 5.74) is 3.98. The Morgan fingerprint density at radius 1 is 0.962 bits per heavy atom. The molecule has 0 amide bonds. The lowest BCUT2D eigenvalue weighted by Crippen LogP contribution is -2.02. The van der Waals surface area contributed by atoms with E-state index in [0.717, 1.165) is 40.6 Å². The van der Waals surface area contributed by atoms with Crippen molar-refractivity contribution in [2.45, 2.75) is 25.0 Å². The fraction of sp³-hybridized carbons (Fsp3) is 0.143. The van der Waals surface area contributed by atoms with Gasteiger partial charge in [0.2, 0.25) is 0 Å². The molecule has 0 atom stereocenters. The maximum Gasteiger partial charge on any atom is 0.156 e. The first kappa shape index (κ1) is 16.8. The van der Waals surface area contributed by atoms with E-state index < -0.39 is 10.9 Å². The quantitative estimate of drug-likeness (QED) is 0.600. The molecule has 3 heterocycles. The lowest BCUT2D eigenvalue weighted by molar-refractivity contribution is 0.626. The van der Waals surface area contributed by atoms with Crippen molar-refractivity contribution in [3.63, 3.8) is 0 Å². The Labute approximate surface area is 155 Å². The number of nitrogens with zero attached hydrogens (tertiary/aromatic N) is 3. The number of hydrogen-bond donors (Lipinski definition) is 1. The molecular weight excluding hydrogens is 345 g/mol. The maximum absolute atomic E-state index is 13.4. The fourth-order valence-electron chi connectivity index (χ4n) is 3.15. The van der Waals surface area contributed by atoms with Gasteiger partial charge in [-0.05, 0) is 53.6 Å². The number of aromatic nitrogens is 3. The zero-order valence-corrected chi connectivity index (χ0v) is 15.4. The molecule has 0 bridgehead atoms. The van der Waals surface area contributed by atoms with Crippen LogP contribution in [0.5, 0.6) is 0 Å². The highest BCUT2D eigenvalue weighted by Crippen LogP contribution is 2.45. The van der Waals surface area contributed by atoms with Crippen LogP contribution in [0.15, 0.2) is 76.9 Å². The minimum atomic E-state index is -0.554. The molecule has 1 aromatic carbocycles. The van der Waals surface area contributed by atoms with Gasteiger partial charge in [0.05, 0.1) is 11.4 Å². The molecule has 5 heteroatoms. The highest BCUT2D eigenvalue weighted by Gasteiger charge is 2.22. The molecular formula is C21H20FN3S. The maximum atomic E-state index is 13.4. The zero-order valence-electron chi connectivity index (χ0n) is 14.5. The van der Waals surface area contributed by atoms with Gasteiger partial charge in [0.15, 0.2) is 5.16 Å². The molecule has 3 aromatic rings. The first-order valence-corrected chi connectivity index (χ1v) is 10.2. The summed E-state index contributed by atoms with van der Waals surface area (Å²) in [5, 5.41) is 5.52. The molecule has 0 aliphatic carbocycles. The average molecular weight is 365 g/mol. The first-order valence-electron chi connectivity index (χ1n) is 8.68. The van der Waals surface area contributed by atoms with Crippen LogP contribution >= 0.6 is 10.9 Å². The Bertz CT molecular complexity index is 947. The number of imidazole rings is 1. The van der Waals surface area contributed by atoms with Crippen molar-refractivity contribution < 1.29 is 4.39 Å². The minimum Gasteiger partial charge on any atom is -0.319 e. The van der Waals surface area contributed by atoms with Gasteiger partial charge in [-0.2, -0.15) is 10.9 Å². The van der Waals surface area contributed by atoms with Crippen molar-refractivity contribution in [2.75, 3.05) is 0 Å². The molecule has 3 nitrogen and oxygen atoms in total. The lowest BCUT2D eigenvalue weighted by Gasteiger charge is -2.15. The SMILES string of the molecule is CCCn1c([SH]2C=CC=C2)nc(-c2ccc(F)cc2)c1-c1ccncc1. The summed E-state index contributed by atoms with van der Waals surface area (Å²) in [6.07, 6.45) is 8.78. The third-order valence-corrected chi connectivity index (χ3v) is 6.09. The van der Waals surface area contributed by atoms with E-state index in [0.29, 0.717) is 0 Å². The van der Waals surface area contributed by atoms with Gasteiger partial charge in [0.25, 0.3) is 0 Å². The van der Waals surface area contributed by atoms with Crippen LogP contribution in [0, 0.1) is 5.82 Å². The number of thiol groups is 1. The number of pyridine rings is 1. The van der Waals surface area contributed by atoms with Gasteiger partial charge >= 0.3 is 0 Å². The van der Waals surface area contributed by atoms with Crippen LogP contribution < -0.4 is 0 Å². The van der Waals surface area contributed by atoms with Crippen molar-refractivity contribution in [1.29, 1.82) is 0 Å². The average Bonchev–Trinajstić information content (AvgIpc) is 3.31. The van der Waals surface area contributed by atoms with Gasteiger partial charge in [0, 0.05) is 30.1 Å². The molecule has 0 fully saturated rings. The van der Waals surface area contributed by atoms with Gasteiger partial charge in [-0.15, -0.1) is 0 Å². The first-order chi connectivity index (χ1) is 12.8. The smallest absolute Gasteiger partial charge is 0.156 e. The Kier molecular flexibility index (Phi) is 4.71. The second-order valence-corrected chi connectivity index (χ2v) is 7.90. The second kappa shape index (κ2) is 7.30. The van der Waals surface area contributed by atoms with Gasteiger partial charge in [-0.1, -0.05) is 19.1 Å². The van der Waals surface area contributed by atoms with Crippen LogP contribution in [0.25, 0.3) is 22.5 Å². The number of benzene rings is 1. The van der Waals surface area contributed by atoms with Crippen LogP contribution in [-0.4, -0.2) is 14.5 Å². The predicted molar refractivity (Wildman–Crippen MR) is 107 cm³/mol. The van der Waals surface area contributed by atoms with E-state index in [-0.39, 0.29) is 5.82 Å². The predicted octanol–water partition coefficient (Wildman–Crippen LogP) is 5.56. The highest BCUT2D eigenvalue weighted by molar-refractivity contribution is 8.22. The number of hydrogen-bond acceptors (Lipinski definition) is 2. The molecule has 2 aromatic heterocycles.